The Morgan fingerprint density at radius 2 is 2.16 bits per heavy atom. The van der Waals surface area contributed by atoms with E-state index in [1.165, 1.54) is 11.3 Å². The molecule has 0 amide bonds. The van der Waals surface area contributed by atoms with Gasteiger partial charge in [-0.25, -0.2) is 0 Å². The molecule has 2 rings (SSSR count). The van der Waals surface area contributed by atoms with E-state index in [0.717, 1.165) is 38.1 Å². The van der Waals surface area contributed by atoms with Crippen molar-refractivity contribution in [2.45, 2.75) is 39.2 Å². The number of hydrogen-bond acceptors (Lipinski definition) is 3. The Bertz CT molecular complexity index is 417. The van der Waals surface area contributed by atoms with Crippen LogP contribution >= 0.6 is 0 Å². The van der Waals surface area contributed by atoms with Crippen molar-refractivity contribution in [3.63, 3.8) is 0 Å². The second kappa shape index (κ2) is 6.29. The minimum Gasteiger partial charge on any atom is -0.486 e. The molecule has 0 aromatic heterocycles. The Kier molecular flexibility index (Phi) is 4.70. The summed E-state index contributed by atoms with van der Waals surface area (Å²) in [7, 11) is 2.15. The summed E-state index contributed by atoms with van der Waals surface area (Å²) in [5.41, 5.74) is 8.15. The number of benzene rings is 1. The quantitative estimate of drug-likeness (QED) is 0.829. The lowest BCUT2D eigenvalue weighted by atomic mass is 10.0. The molecule has 0 saturated carbocycles. The molecule has 0 radical (unpaired) electrons. The minimum absolute atomic E-state index is 0.292. The van der Waals surface area contributed by atoms with Crippen LogP contribution in [0.2, 0.25) is 0 Å². The second-order valence-corrected chi connectivity index (χ2v) is 5.83. The highest BCUT2D eigenvalue weighted by atomic mass is 16.5. The predicted octanol–water partition coefficient (Wildman–Crippen LogP) is 2.82. The first kappa shape index (κ1) is 14.2. The van der Waals surface area contributed by atoms with Gasteiger partial charge in [-0.3, -0.25) is 0 Å². The highest BCUT2D eigenvalue weighted by Gasteiger charge is 2.25. The van der Waals surface area contributed by atoms with E-state index in [9.17, 15) is 0 Å². The monoisotopic (exact) mass is 262 g/mol. The van der Waals surface area contributed by atoms with Gasteiger partial charge in [0.1, 0.15) is 11.9 Å². The molecular weight excluding hydrogens is 236 g/mol. The van der Waals surface area contributed by atoms with Crippen molar-refractivity contribution in [3.05, 3.63) is 23.8 Å². The third-order valence-electron chi connectivity index (χ3n) is 3.83. The molecule has 1 aromatic rings. The summed E-state index contributed by atoms with van der Waals surface area (Å²) in [4.78, 5) is 2.32. The second-order valence-electron chi connectivity index (χ2n) is 5.83. The zero-order valence-electron chi connectivity index (χ0n) is 12.4. The van der Waals surface area contributed by atoms with Crippen molar-refractivity contribution in [1.29, 1.82) is 0 Å². The molecule has 106 valence electrons. The number of likely N-dealkylation sites (N-methyl/N-ethyl adjacent to an activating group) is 1. The number of hydrogen-bond donors (Lipinski definition) is 1. The fraction of sp³-hybridized carbons (Fsp3) is 0.625. The Hall–Kier alpha value is -1.22. The van der Waals surface area contributed by atoms with Crippen molar-refractivity contribution >= 4 is 5.69 Å². The average Bonchev–Trinajstić information content (AvgIpc) is 2.39. The molecule has 2 N–H and O–H groups in total. The maximum atomic E-state index is 6.08. The van der Waals surface area contributed by atoms with Crippen molar-refractivity contribution in [1.82, 2.24) is 0 Å². The fourth-order valence-corrected chi connectivity index (χ4v) is 2.51. The largest absolute Gasteiger partial charge is 0.486 e. The van der Waals surface area contributed by atoms with Crippen LogP contribution in [0.4, 0.5) is 5.69 Å². The molecule has 0 bridgehead atoms. The Balaban J connectivity index is 2.10. The highest BCUT2D eigenvalue weighted by molar-refractivity contribution is 5.61. The number of anilines is 1. The van der Waals surface area contributed by atoms with Crippen LogP contribution in [0, 0.1) is 5.92 Å². The van der Waals surface area contributed by atoms with Crippen molar-refractivity contribution in [3.8, 4) is 5.75 Å². The first-order chi connectivity index (χ1) is 9.11. The topological polar surface area (TPSA) is 38.5 Å². The van der Waals surface area contributed by atoms with Crippen LogP contribution in [0.1, 0.15) is 32.3 Å². The first-order valence-corrected chi connectivity index (χ1v) is 7.32. The van der Waals surface area contributed by atoms with Crippen LogP contribution < -0.4 is 15.4 Å². The first-order valence-electron chi connectivity index (χ1n) is 7.32. The van der Waals surface area contributed by atoms with Gasteiger partial charge in [-0.1, -0.05) is 19.9 Å². The fourth-order valence-electron chi connectivity index (χ4n) is 2.51. The van der Waals surface area contributed by atoms with E-state index < -0.39 is 0 Å². The molecule has 3 heteroatoms. The Labute approximate surface area is 116 Å². The molecule has 0 fully saturated rings. The van der Waals surface area contributed by atoms with Crippen LogP contribution in [-0.2, 0) is 6.42 Å². The van der Waals surface area contributed by atoms with Crippen molar-refractivity contribution < 1.29 is 4.74 Å². The number of nitrogens with two attached hydrogens (primary N) is 1. The number of ether oxygens (including phenoxy) is 1. The van der Waals surface area contributed by atoms with E-state index in [4.69, 9.17) is 10.5 Å². The van der Waals surface area contributed by atoms with Gasteiger partial charge >= 0.3 is 0 Å². The van der Waals surface area contributed by atoms with Crippen LogP contribution in [0.25, 0.3) is 0 Å². The summed E-state index contributed by atoms with van der Waals surface area (Å²) in [5.74, 6) is 1.56. The minimum atomic E-state index is 0.292. The molecule has 1 atom stereocenters. The molecule has 3 nitrogen and oxygen atoms in total. The van der Waals surface area contributed by atoms with E-state index in [2.05, 4.69) is 44.0 Å². The molecule has 0 aliphatic carbocycles. The van der Waals surface area contributed by atoms with Gasteiger partial charge in [0, 0.05) is 7.05 Å². The lowest BCUT2D eigenvalue weighted by molar-refractivity contribution is 0.147. The normalized spacial score (nSPS) is 18.4. The molecule has 1 unspecified atom stereocenters. The smallest absolute Gasteiger partial charge is 0.143 e. The molecule has 0 saturated heterocycles. The predicted molar refractivity (Wildman–Crippen MR) is 81.0 cm³/mol. The molecule has 0 spiro atoms. The average molecular weight is 262 g/mol. The third-order valence-corrected chi connectivity index (χ3v) is 3.83. The summed E-state index contributed by atoms with van der Waals surface area (Å²) >= 11 is 0. The van der Waals surface area contributed by atoms with Crippen molar-refractivity contribution in [2.24, 2.45) is 11.7 Å². The van der Waals surface area contributed by atoms with Gasteiger partial charge < -0.3 is 15.4 Å². The summed E-state index contributed by atoms with van der Waals surface area (Å²) in [6.07, 6.45) is 3.65. The number of unbranched alkanes of at least 4 members (excludes halogenated alkanes) is 1. The van der Waals surface area contributed by atoms with Crippen LogP contribution in [0.5, 0.6) is 5.75 Å². The number of nitrogens with zero attached hydrogens (tertiary/aromatic N) is 1. The van der Waals surface area contributed by atoms with E-state index >= 15 is 0 Å². The Morgan fingerprint density at radius 3 is 2.84 bits per heavy atom. The van der Waals surface area contributed by atoms with Gasteiger partial charge in [0.2, 0.25) is 0 Å². The van der Waals surface area contributed by atoms with Crippen LogP contribution in [0.3, 0.4) is 0 Å². The maximum Gasteiger partial charge on any atom is 0.143 e. The van der Waals surface area contributed by atoms with Gasteiger partial charge in [0.25, 0.3) is 0 Å². The van der Waals surface area contributed by atoms with E-state index in [-0.39, 0.29) is 0 Å². The molecule has 1 heterocycles. The lowest BCUT2D eigenvalue weighted by Gasteiger charge is -2.36. The SMILES string of the molecule is CC(C)C1CN(C)c2cc(CCCCN)ccc2O1. The van der Waals surface area contributed by atoms with Gasteiger partial charge in [0.15, 0.2) is 0 Å². The summed E-state index contributed by atoms with van der Waals surface area (Å²) in [6, 6.07) is 6.58. The molecule has 19 heavy (non-hydrogen) atoms. The van der Waals surface area contributed by atoms with Crippen LogP contribution in [-0.4, -0.2) is 26.2 Å². The zero-order chi connectivity index (χ0) is 13.8. The number of aryl methyl sites for hydroxylation is 1. The maximum absolute atomic E-state index is 6.08. The van der Waals surface area contributed by atoms with E-state index in [1.807, 2.05) is 0 Å². The molecular formula is C16H26N2O. The zero-order valence-corrected chi connectivity index (χ0v) is 12.4. The third kappa shape index (κ3) is 3.41. The van der Waals surface area contributed by atoms with Gasteiger partial charge in [0.05, 0.1) is 12.2 Å². The standard InChI is InChI=1S/C16H26N2O/c1-12(2)16-11-18(3)14-10-13(6-4-5-9-17)7-8-15(14)19-16/h7-8,10,12,16H,4-6,9,11,17H2,1-3H3. The molecule has 1 aliphatic heterocycles. The lowest BCUT2D eigenvalue weighted by Crippen LogP contribution is -2.40. The molecule has 1 aromatic carbocycles. The molecule has 1 aliphatic rings. The summed E-state index contributed by atoms with van der Waals surface area (Å²) in [6.45, 7) is 6.18. The van der Waals surface area contributed by atoms with Gasteiger partial charge in [-0.05, 0) is 49.4 Å². The number of rotatable bonds is 5. The summed E-state index contributed by atoms with van der Waals surface area (Å²) in [5, 5.41) is 0. The van der Waals surface area contributed by atoms with Crippen LogP contribution in [0.15, 0.2) is 18.2 Å². The summed E-state index contributed by atoms with van der Waals surface area (Å²) < 4.78 is 6.08. The van der Waals surface area contributed by atoms with E-state index in [0.29, 0.717) is 12.0 Å². The van der Waals surface area contributed by atoms with E-state index in [1.54, 1.807) is 0 Å². The Morgan fingerprint density at radius 1 is 1.37 bits per heavy atom. The highest BCUT2D eigenvalue weighted by Crippen LogP contribution is 2.35. The van der Waals surface area contributed by atoms with Gasteiger partial charge in [-0.2, -0.15) is 0 Å². The number of fused-ring (bicyclic) bond motifs is 1. The van der Waals surface area contributed by atoms with Crippen molar-refractivity contribution in [2.75, 3.05) is 25.0 Å². The van der Waals surface area contributed by atoms with Gasteiger partial charge in [-0.15, -0.1) is 0 Å².